The van der Waals surface area contributed by atoms with Crippen molar-refractivity contribution in [2.75, 3.05) is 19.6 Å². The van der Waals surface area contributed by atoms with Crippen LogP contribution in [0.2, 0.25) is 0 Å². The molecule has 0 aliphatic carbocycles. The van der Waals surface area contributed by atoms with Crippen molar-refractivity contribution in [1.82, 2.24) is 20.2 Å². The fourth-order valence-corrected chi connectivity index (χ4v) is 4.59. The number of aromatic amines is 1. The lowest BCUT2D eigenvalue weighted by Crippen LogP contribution is -2.36. The van der Waals surface area contributed by atoms with Crippen molar-refractivity contribution in [2.45, 2.75) is 31.7 Å². The van der Waals surface area contributed by atoms with E-state index in [1.54, 1.807) is 17.4 Å². The van der Waals surface area contributed by atoms with E-state index in [1.807, 2.05) is 18.2 Å². The van der Waals surface area contributed by atoms with Crippen molar-refractivity contribution in [3.05, 3.63) is 62.8 Å². The molecule has 2 N–H and O–H groups in total. The summed E-state index contributed by atoms with van der Waals surface area (Å²) in [6, 6.07) is 11.7. The van der Waals surface area contributed by atoms with Gasteiger partial charge >= 0.3 is 0 Å². The number of aryl methyl sites for hydroxylation is 1. The van der Waals surface area contributed by atoms with Gasteiger partial charge in [0.05, 0.1) is 16.9 Å². The minimum absolute atomic E-state index is 0.0171. The topological polar surface area (TPSA) is 78.1 Å². The third kappa shape index (κ3) is 4.31. The number of carbonyl (C=O) groups excluding carboxylic acids is 1. The van der Waals surface area contributed by atoms with Gasteiger partial charge in [-0.2, -0.15) is 0 Å². The molecule has 1 aliphatic heterocycles. The molecule has 4 rings (SSSR count). The number of para-hydroxylation sites is 1. The molecule has 1 fully saturated rings. The van der Waals surface area contributed by atoms with Gasteiger partial charge in [0, 0.05) is 24.3 Å². The maximum Gasteiger partial charge on any atom is 0.258 e. The van der Waals surface area contributed by atoms with E-state index in [2.05, 4.69) is 37.7 Å². The smallest absolute Gasteiger partial charge is 0.258 e. The number of carbonyl (C=O) groups is 1. The van der Waals surface area contributed by atoms with Gasteiger partial charge in [0.1, 0.15) is 5.82 Å². The number of H-pyrrole nitrogens is 1. The average Bonchev–Trinajstić information content (AvgIpc) is 3.41. The van der Waals surface area contributed by atoms with Gasteiger partial charge in [-0.25, -0.2) is 4.98 Å². The molecule has 1 aromatic carbocycles. The normalized spacial score (nSPS) is 15.7. The van der Waals surface area contributed by atoms with Crippen LogP contribution >= 0.6 is 11.3 Å². The Labute approximate surface area is 167 Å². The highest BCUT2D eigenvalue weighted by Crippen LogP contribution is 2.27. The second-order valence-electron chi connectivity index (χ2n) is 7.11. The Bertz CT molecular complexity index is 993. The Balaban J connectivity index is 1.35. The Morgan fingerprint density at radius 3 is 2.82 bits per heavy atom. The van der Waals surface area contributed by atoms with Gasteiger partial charge in [-0.05, 0) is 49.5 Å². The zero-order chi connectivity index (χ0) is 19.3. The third-order valence-corrected chi connectivity index (χ3v) is 6.17. The summed E-state index contributed by atoms with van der Waals surface area (Å²) in [4.78, 5) is 35.5. The van der Waals surface area contributed by atoms with Crippen LogP contribution in [-0.2, 0) is 11.2 Å². The van der Waals surface area contributed by atoms with E-state index in [-0.39, 0.29) is 17.5 Å². The summed E-state index contributed by atoms with van der Waals surface area (Å²) in [7, 11) is 0. The van der Waals surface area contributed by atoms with Crippen LogP contribution in [0, 0.1) is 0 Å². The Hall–Kier alpha value is -2.51. The molecule has 0 radical (unpaired) electrons. The fraction of sp³-hybridized carbons (Fsp3) is 0.381. The molecular formula is C21H24N4O2S. The molecule has 7 heteroatoms. The second kappa shape index (κ2) is 8.67. The lowest BCUT2D eigenvalue weighted by molar-refractivity contribution is -0.121. The first-order valence-corrected chi connectivity index (χ1v) is 10.6. The van der Waals surface area contributed by atoms with E-state index >= 15 is 0 Å². The van der Waals surface area contributed by atoms with E-state index in [1.165, 1.54) is 17.7 Å². The molecule has 1 atom stereocenters. The number of rotatable bonds is 7. The van der Waals surface area contributed by atoms with E-state index in [0.29, 0.717) is 36.1 Å². The first-order chi connectivity index (χ1) is 13.7. The third-order valence-electron chi connectivity index (χ3n) is 5.20. The molecule has 0 bridgehead atoms. The summed E-state index contributed by atoms with van der Waals surface area (Å²) in [5.41, 5.74) is 0.501. The first-order valence-electron chi connectivity index (χ1n) is 9.73. The van der Waals surface area contributed by atoms with Gasteiger partial charge in [0.25, 0.3) is 5.56 Å². The maximum atomic E-state index is 12.4. The number of fused-ring (bicyclic) bond motifs is 1. The summed E-state index contributed by atoms with van der Waals surface area (Å²) < 4.78 is 0. The number of hydrogen-bond donors (Lipinski definition) is 2. The number of amides is 1. The van der Waals surface area contributed by atoms with Crippen molar-refractivity contribution in [2.24, 2.45) is 0 Å². The predicted molar refractivity (Wildman–Crippen MR) is 112 cm³/mol. The zero-order valence-electron chi connectivity index (χ0n) is 15.7. The van der Waals surface area contributed by atoms with Crippen molar-refractivity contribution in [3.63, 3.8) is 0 Å². The highest BCUT2D eigenvalue weighted by molar-refractivity contribution is 7.10. The van der Waals surface area contributed by atoms with Gasteiger partial charge in [-0.3, -0.25) is 14.5 Å². The molecule has 3 heterocycles. The lowest BCUT2D eigenvalue weighted by Gasteiger charge is -2.26. The van der Waals surface area contributed by atoms with E-state index in [4.69, 9.17) is 0 Å². The second-order valence-corrected chi connectivity index (χ2v) is 8.09. The molecule has 1 amide bonds. The van der Waals surface area contributed by atoms with Crippen LogP contribution in [0.4, 0.5) is 0 Å². The molecule has 0 saturated carbocycles. The maximum absolute atomic E-state index is 12.4. The number of thiophene rings is 1. The van der Waals surface area contributed by atoms with Crippen LogP contribution in [0.15, 0.2) is 46.6 Å². The molecule has 3 aromatic rings. The van der Waals surface area contributed by atoms with E-state index in [0.717, 1.165) is 13.1 Å². The Kier molecular flexibility index (Phi) is 5.83. The van der Waals surface area contributed by atoms with Gasteiger partial charge < -0.3 is 10.3 Å². The number of nitrogens with one attached hydrogen (secondary N) is 2. The van der Waals surface area contributed by atoms with Gasteiger partial charge in [-0.15, -0.1) is 11.3 Å². The van der Waals surface area contributed by atoms with Crippen LogP contribution in [0.25, 0.3) is 10.9 Å². The molecule has 146 valence electrons. The van der Waals surface area contributed by atoms with E-state index in [9.17, 15) is 9.59 Å². The number of nitrogens with zero attached hydrogens (tertiary/aromatic N) is 2. The number of aromatic nitrogens is 2. The molecule has 1 aliphatic rings. The highest BCUT2D eigenvalue weighted by Gasteiger charge is 2.24. The quantitative estimate of drug-likeness (QED) is 0.644. The molecular weight excluding hydrogens is 372 g/mol. The van der Waals surface area contributed by atoms with Crippen molar-refractivity contribution >= 4 is 28.1 Å². The molecule has 6 nitrogen and oxygen atoms in total. The number of hydrogen-bond acceptors (Lipinski definition) is 5. The summed E-state index contributed by atoms with van der Waals surface area (Å²) in [6.45, 7) is 2.78. The van der Waals surface area contributed by atoms with Crippen LogP contribution in [-0.4, -0.2) is 40.4 Å². The largest absolute Gasteiger partial charge is 0.354 e. The molecule has 28 heavy (non-hydrogen) atoms. The van der Waals surface area contributed by atoms with Crippen LogP contribution in [0.5, 0.6) is 0 Å². The Morgan fingerprint density at radius 1 is 1.21 bits per heavy atom. The van der Waals surface area contributed by atoms with Crippen LogP contribution < -0.4 is 10.9 Å². The lowest BCUT2D eigenvalue weighted by atomic mass is 10.2. The number of likely N-dealkylation sites (tertiary alicyclic amines) is 1. The number of benzene rings is 1. The summed E-state index contributed by atoms with van der Waals surface area (Å²) in [5, 5.41) is 5.73. The minimum atomic E-state index is -0.159. The average molecular weight is 397 g/mol. The van der Waals surface area contributed by atoms with Gasteiger partial charge in [-0.1, -0.05) is 18.2 Å². The first kappa shape index (κ1) is 18.8. The van der Waals surface area contributed by atoms with Gasteiger partial charge in [0.2, 0.25) is 5.91 Å². The fourth-order valence-electron chi connectivity index (χ4n) is 3.73. The zero-order valence-corrected chi connectivity index (χ0v) is 16.5. The Morgan fingerprint density at radius 2 is 2.04 bits per heavy atom. The summed E-state index contributed by atoms with van der Waals surface area (Å²) in [6.07, 6.45) is 3.16. The molecule has 2 aromatic heterocycles. The predicted octanol–water partition coefficient (Wildman–Crippen LogP) is 2.87. The standard InChI is InChI=1S/C21H24N4O2S/c26-20(10-9-19-23-16-7-2-1-6-15(16)21(27)24-19)22-14-17(18-8-5-13-28-18)25-11-3-4-12-25/h1-2,5-8,13,17H,3-4,9-12,14H2,(H,22,26)(H,23,24,27). The summed E-state index contributed by atoms with van der Waals surface area (Å²) >= 11 is 1.74. The summed E-state index contributed by atoms with van der Waals surface area (Å²) in [5.74, 6) is 0.532. The minimum Gasteiger partial charge on any atom is -0.354 e. The van der Waals surface area contributed by atoms with Crippen molar-refractivity contribution < 1.29 is 4.79 Å². The van der Waals surface area contributed by atoms with Crippen molar-refractivity contribution in [1.29, 1.82) is 0 Å². The highest BCUT2D eigenvalue weighted by atomic mass is 32.1. The van der Waals surface area contributed by atoms with Crippen molar-refractivity contribution in [3.8, 4) is 0 Å². The molecule has 1 saturated heterocycles. The van der Waals surface area contributed by atoms with E-state index < -0.39 is 0 Å². The molecule has 1 unspecified atom stereocenters. The monoisotopic (exact) mass is 396 g/mol. The van der Waals surface area contributed by atoms with Crippen LogP contribution in [0.1, 0.15) is 36.0 Å². The van der Waals surface area contributed by atoms with Crippen LogP contribution in [0.3, 0.4) is 0 Å². The van der Waals surface area contributed by atoms with Gasteiger partial charge in [0.15, 0.2) is 0 Å². The molecule has 0 spiro atoms. The SMILES string of the molecule is O=C(CCc1nc2ccccc2c(=O)[nH]1)NCC(c1cccs1)N1CCCC1.